The molecule has 0 unspecified atom stereocenters. The molecule has 0 aromatic heterocycles. The summed E-state index contributed by atoms with van der Waals surface area (Å²) >= 11 is 0. The maximum absolute atomic E-state index is 12.9. The molecule has 23 heavy (non-hydrogen) atoms. The maximum Gasteiger partial charge on any atom is 0.216 e. The van der Waals surface area contributed by atoms with Crippen LogP contribution in [0.5, 0.6) is 5.75 Å². The highest BCUT2D eigenvalue weighted by Gasteiger charge is 2.14. The molecular formula is C17H18FNO3S. The Morgan fingerprint density at radius 3 is 2.61 bits per heavy atom. The number of hydrogen-bond donors (Lipinski definition) is 1. The van der Waals surface area contributed by atoms with Crippen molar-refractivity contribution in [2.45, 2.75) is 25.1 Å². The van der Waals surface area contributed by atoms with Crippen molar-refractivity contribution in [3.8, 4) is 5.75 Å². The highest BCUT2D eigenvalue weighted by Crippen LogP contribution is 2.25. The average Bonchev–Trinajstić information content (AvgIpc) is 2.55. The third-order valence-electron chi connectivity index (χ3n) is 3.74. The summed E-state index contributed by atoms with van der Waals surface area (Å²) in [6.07, 6.45) is 1.93. The van der Waals surface area contributed by atoms with E-state index in [9.17, 15) is 12.8 Å². The van der Waals surface area contributed by atoms with Gasteiger partial charge >= 0.3 is 0 Å². The first-order valence-corrected chi connectivity index (χ1v) is 9.13. The normalized spacial score (nSPS) is 14.1. The number of fused-ring (bicyclic) bond motifs is 1. The lowest BCUT2D eigenvalue weighted by atomic mass is 10.0. The highest BCUT2D eigenvalue weighted by atomic mass is 32.2. The van der Waals surface area contributed by atoms with Gasteiger partial charge in [-0.2, -0.15) is 0 Å². The minimum absolute atomic E-state index is 0.165. The zero-order chi connectivity index (χ0) is 16.3. The number of rotatable bonds is 5. The summed E-state index contributed by atoms with van der Waals surface area (Å²) in [5.41, 5.74) is 2.57. The minimum atomic E-state index is -3.47. The predicted octanol–water partition coefficient (Wildman–Crippen LogP) is 2.77. The van der Waals surface area contributed by atoms with Crippen LogP contribution in [0, 0.1) is 5.82 Å². The van der Waals surface area contributed by atoms with Crippen LogP contribution >= 0.6 is 0 Å². The fraction of sp³-hybridized carbons (Fsp3) is 0.294. The third-order valence-corrected chi connectivity index (χ3v) is 5.04. The Bertz CT molecular complexity index is 788. The summed E-state index contributed by atoms with van der Waals surface area (Å²) in [7, 11) is -3.47. The first kappa shape index (κ1) is 16.0. The Morgan fingerprint density at radius 2 is 1.83 bits per heavy atom. The van der Waals surface area contributed by atoms with Gasteiger partial charge < -0.3 is 4.74 Å². The molecule has 0 amide bonds. The van der Waals surface area contributed by atoms with Crippen molar-refractivity contribution in [3.63, 3.8) is 0 Å². The molecule has 3 rings (SSSR count). The van der Waals surface area contributed by atoms with Crippen LogP contribution in [0.3, 0.4) is 0 Å². The molecule has 0 fully saturated rings. The van der Waals surface area contributed by atoms with Crippen molar-refractivity contribution >= 4 is 10.0 Å². The minimum Gasteiger partial charge on any atom is -0.493 e. The van der Waals surface area contributed by atoms with Gasteiger partial charge in [-0.05, 0) is 47.7 Å². The number of aryl methyl sites for hydroxylation is 1. The fourth-order valence-electron chi connectivity index (χ4n) is 2.57. The van der Waals surface area contributed by atoms with Gasteiger partial charge in [0.1, 0.15) is 11.6 Å². The maximum atomic E-state index is 12.9. The lowest BCUT2D eigenvalue weighted by Gasteiger charge is -2.18. The van der Waals surface area contributed by atoms with Crippen molar-refractivity contribution in [1.82, 2.24) is 4.72 Å². The van der Waals surface area contributed by atoms with Crippen LogP contribution < -0.4 is 9.46 Å². The Hall–Kier alpha value is -1.92. The standard InChI is InChI=1S/C17H18FNO3S/c18-16-6-3-13(4-7-16)12-23(20,21)19-11-14-5-8-17-15(10-14)2-1-9-22-17/h3-8,10,19H,1-2,9,11-12H2. The first-order valence-electron chi connectivity index (χ1n) is 7.48. The molecule has 1 aliphatic rings. The molecule has 0 saturated heterocycles. The number of hydrogen-bond acceptors (Lipinski definition) is 3. The van der Waals surface area contributed by atoms with Gasteiger partial charge in [0.05, 0.1) is 12.4 Å². The molecule has 0 saturated carbocycles. The molecule has 6 heteroatoms. The van der Waals surface area contributed by atoms with Gasteiger partial charge in [0, 0.05) is 6.54 Å². The monoisotopic (exact) mass is 335 g/mol. The van der Waals surface area contributed by atoms with E-state index in [0.717, 1.165) is 36.3 Å². The van der Waals surface area contributed by atoms with E-state index < -0.39 is 10.0 Å². The van der Waals surface area contributed by atoms with E-state index in [1.165, 1.54) is 24.3 Å². The molecular weight excluding hydrogens is 317 g/mol. The van der Waals surface area contributed by atoms with Gasteiger partial charge in [0.2, 0.25) is 10.0 Å². The van der Waals surface area contributed by atoms with Gasteiger partial charge in [0.25, 0.3) is 0 Å². The third kappa shape index (κ3) is 4.30. The van der Waals surface area contributed by atoms with Crippen molar-refractivity contribution in [2.75, 3.05) is 6.61 Å². The number of halogens is 1. The van der Waals surface area contributed by atoms with Crippen molar-refractivity contribution < 1.29 is 17.5 Å². The van der Waals surface area contributed by atoms with E-state index in [1.807, 2.05) is 18.2 Å². The second-order valence-corrected chi connectivity index (χ2v) is 7.41. The quantitative estimate of drug-likeness (QED) is 0.914. The van der Waals surface area contributed by atoms with Gasteiger partial charge in [-0.15, -0.1) is 0 Å². The van der Waals surface area contributed by atoms with Gasteiger partial charge in [-0.3, -0.25) is 0 Å². The molecule has 0 atom stereocenters. The van der Waals surface area contributed by atoms with E-state index in [1.54, 1.807) is 0 Å². The average molecular weight is 335 g/mol. The Kier molecular flexibility index (Phi) is 4.63. The van der Waals surface area contributed by atoms with Crippen LogP contribution in [0.1, 0.15) is 23.1 Å². The van der Waals surface area contributed by atoms with Crippen LogP contribution in [-0.2, 0) is 28.7 Å². The van der Waals surface area contributed by atoms with E-state index in [0.29, 0.717) is 5.56 Å². The largest absolute Gasteiger partial charge is 0.493 e. The summed E-state index contributed by atoms with van der Waals surface area (Å²) < 4.78 is 45.2. The summed E-state index contributed by atoms with van der Waals surface area (Å²) in [5, 5.41) is 0. The van der Waals surface area contributed by atoms with Crippen LogP contribution in [0.4, 0.5) is 4.39 Å². The van der Waals surface area contributed by atoms with Crippen molar-refractivity contribution in [3.05, 3.63) is 65.0 Å². The first-order chi connectivity index (χ1) is 11.0. The molecule has 0 radical (unpaired) electrons. The summed E-state index contributed by atoms with van der Waals surface area (Å²) in [4.78, 5) is 0. The number of sulfonamides is 1. The van der Waals surface area contributed by atoms with Gasteiger partial charge in [0.15, 0.2) is 0 Å². The van der Waals surface area contributed by atoms with Gasteiger partial charge in [-0.1, -0.05) is 24.3 Å². The second kappa shape index (κ2) is 6.68. The van der Waals surface area contributed by atoms with Crippen molar-refractivity contribution in [1.29, 1.82) is 0 Å². The van der Waals surface area contributed by atoms with Crippen LogP contribution in [-0.4, -0.2) is 15.0 Å². The van der Waals surface area contributed by atoms with Crippen LogP contribution in [0.15, 0.2) is 42.5 Å². The van der Waals surface area contributed by atoms with Crippen LogP contribution in [0.25, 0.3) is 0 Å². The molecule has 1 aliphatic heterocycles. The molecule has 4 nitrogen and oxygen atoms in total. The topological polar surface area (TPSA) is 55.4 Å². The van der Waals surface area contributed by atoms with E-state index >= 15 is 0 Å². The summed E-state index contributed by atoms with van der Waals surface area (Å²) in [6, 6.07) is 11.2. The molecule has 1 heterocycles. The molecule has 0 aliphatic carbocycles. The molecule has 0 bridgehead atoms. The van der Waals surface area contributed by atoms with Crippen molar-refractivity contribution in [2.24, 2.45) is 0 Å². The summed E-state index contributed by atoms with van der Waals surface area (Å²) in [6.45, 7) is 0.966. The number of benzene rings is 2. The Balaban J connectivity index is 1.63. The molecule has 1 N–H and O–H groups in total. The zero-order valence-electron chi connectivity index (χ0n) is 12.6. The van der Waals surface area contributed by atoms with E-state index in [-0.39, 0.29) is 18.1 Å². The highest BCUT2D eigenvalue weighted by molar-refractivity contribution is 7.88. The Morgan fingerprint density at radius 1 is 1.09 bits per heavy atom. The molecule has 2 aromatic rings. The predicted molar refractivity (Wildman–Crippen MR) is 86.1 cm³/mol. The number of ether oxygens (including phenoxy) is 1. The molecule has 122 valence electrons. The smallest absolute Gasteiger partial charge is 0.216 e. The lowest BCUT2D eigenvalue weighted by molar-refractivity contribution is 0.288. The van der Waals surface area contributed by atoms with E-state index in [2.05, 4.69) is 4.72 Å². The second-order valence-electron chi connectivity index (χ2n) is 5.60. The fourth-order valence-corrected chi connectivity index (χ4v) is 3.69. The Labute approximate surface area is 135 Å². The number of nitrogens with one attached hydrogen (secondary N) is 1. The molecule has 0 spiro atoms. The summed E-state index contributed by atoms with van der Waals surface area (Å²) in [5.74, 6) is 0.339. The SMILES string of the molecule is O=S(=O)(Cc1ccc(F)cc1)NCc1ccc2c(c1)CCCO2. The zero-order valence-corrected chi connectivity index (χ0v) is 13.4. The van der Waals surface area contributed by atoms with Gasteiger partial charge in [-0.25, -0.2) is 17.5 Å². The van der Waals surface area contributed by atoms with Crippen LogP contribution in [0.2, 0.25) is 0 Å². The van der Waals surface area contributed by atoms with E-state index in [4.69, 9.17) is 4.74 Å². The lowest BCUT2D eigenvalue weighted by Crippen LogP contribution is -2.24. The molecule has 2 aromatic carbocycles.